The van der Waals surface area contributed by atoms with E-state index in [-0.39, 0.29) is 11.7 Å². The summed E-state index contributed by atoms with van der Waals surface area (Å²) in [5.41, 5.74) is 2.00. The van der Waals surface area contributed by atoms with Gasteiger partial charge in [0.25, 0.3) is 0 Å². The number of methoxy groups -OCH3 is 1. The van der Waals surface area contributed by atoms with Crippen molar-refractivity contribution in [1.82, 2.24) is 9.88 Å². The van der Waals surface area contributed by atoms with Gasteiger partial charge in [0, 0.05) is 30.2 Å². The lowest BCUT2D eigenvalue weighted by Crippen LogP contribution is -2.41. The second kappa shape index (κ2) is 9.84. The minimum Gasteiger partial charge on any atom is -0.497 e. The van der Waals surface area contributed by atoms with Crippen LogP contribution in [0.4, 0.5) is 5.88 Å². The molecule has 7 nitrogen and oxygen atoms in total. The Hall–Kier alpha value is -3.05. The molecule has 1 saturated heterocycles. The summed E-state index contributed by atoms with van der Waals surface area (Å²) in [6.45, 7) is 3.46. The van der Waals surface area contributed by atoms with Crippen LogP contribution in [0.25, 0.3) is 11.5 Å². The Labute approximate surface area is 186 Å². The van der Waals surface area contributed by atoms with Gasteiger partial charge < -0.3 is 19.2 Å². The molecule has 8 heteroatoms. The van der Waals surface area contributed by atoms with E-state index in [1.807, 2.05) is 48.5 Å². The van der Waals surface area contributed by atoms with Crippen molar-refractivity contribution in [2.24, 2.45) is 0 Å². The van der Waals surface area contributed by atoms with Crippen molar-refractivity contribution in [2.75, 3.05) is 45.3 Å². The van der Waals surface area contributed by atoms with Gasteiger partial charge in [-0.05, 0) is 35.9 Å². The fraction of sp³-hybridized carbons (Fsp3) is 0.304. The van der Waals surface area contributed by atoms with E-state index in [2.05, 4.69) is 21.3 Å². The number of aromatic nitrogens is 1. The Morgan fingerprint density at radius 3 is 2.61 bits per heavy atom. The number of oxazole rings is 1. The van der Waals surface area contributed by atoms with Crippen LogP contribution < -0.4 is 10.1 Å². The largest absolute Gasteiger partial charge is 0.497 e. The Balaban J connectivity index is 1.57. The smallest absolute Gasteiger partial charge is 0.232 e. The maximum atomic E-state index is 9.56. The van der Waals surface area contributed by atoms with Gasteiger partial charge in [0.2, 0.25) is 17.5 Å². The number of halogens is 1. The fourth-order valence-electron chi connectivity index (χ4n) is 3.63. The summed E-state index contributed by atoms with van der Waals surface area (Å²) in [5.74, 6) is 1.46. The van der Waals surface area contributed by atoms with Crippen LogP contribution >= 0.6 is 11.6 Å². The average Bonchev–Trinajstić information content (AvgIpc) is 3.24. The van der Waals surface area contributed by atoms with Crippen molar-refractivity contribution in [3.63, 3.8) is 0 Å². The number of benzene rings is 2. The molecule has 0 spiro atoms. The first-order valence-electron chi connectivity index (χ1n) is 10.0. The van der Waals surface area contributed by atoms with E-state index in [0.717, 1.165) is 30.0 Å². The van der Waals surface area contributed by atoms with Crippen LogP contribution in [-0.2, 0) is 4.74 Å². The second-order valence-corrected chi connectivity index (χ2v) is 7.51. The Morgan fingerprint density at radius 2 is 1.94 bits per heavy atom. The topological polar surface area (TPSA) is 83.5 Å². The third kappa shape index (κ3) is 4.83. The van der Waals surface area contributed by atoms with Gasteiger partial charge in [0.15, 0.2) is 0 Å². The first-order valence-corrected chi connectivity index (χ1v) is 10.4. The van der Waals surface area contributed by atoms with Crippen molar-refractivity contribution < 1.29 is 13.9 Å². The van der Waals surface area contributed by atoms with Crippen LogP contribution in [0.5, 0.6) is 5.75 Å². The van der Waals surface area contributed by atoms with Gasteiger partial charge >= 0.3 is 0 Å². The van der Waals surface area contributed by atoms with Crippen LogP contribution in [0.3, 0.4) is 0 Å². The molecule has 3 aromatic rings. The van der Waals surface area contributed by atoms with E-state index in [1.54, 1.807) is 7.11 Å². The Bertz CT molecular complexity index is 1060. The van der Waals surface area contributed by atoms with Crippen LogP contribution in [0.1, 0.15) is 17.3 Å². The van der Waals surface area contributed by atoms with Gasteiger partial charge in [0.05, 0.1) is 26.4 Å². The lowest BCUT2D eigenvalue weighted by Gasteiger charge is -2.35. The molecular weight excluding hydrogens is 416 g/mol. The molecule has 2 heterocycles. The highest BCUT2D eigenvalue weighted by atomic mass is 35.5. The molecule has 1 aromatic heterocycles. The number of hydrogen-bond donors (Lipinski definition) is 1. The van der Waals surface area contributed by atoms with E-state index < -0.39 is 0 Å². The summed E-state index contributed by atoms with van der Waals surface area (Å²) in [4.78, 5) is 6.67. The van der Waals surface area contributed by atoms with E-state index in [0.29, 0.717) is 36.6 Å². The molecule has 0 bridgehead atoms. The first-order chi connectivity index (χ1) is 15.2. The molecule has 2 aromatic carbocycles. The van der Waals surface area contributed by atoms with Gasteiger partial charge in [0.1, 0.15) is 11.8 Å². The third-order valence-electron chi connectivity index (χ3n) is 5.28. The van der Waals surface area contributed by atoms with Crippen molar-refractivity contribution in [1.29, 1.82) is 5.26 Å². The van der Waals surface area contributed by atoms with Gasteiger partial charge in [-0.1, -0.05) is 29.8 Å². The van der Waals surface area contributed by atoms with E-state index in [1.165, 1.54) is 0 Å². The standard InChI is InChI=1S/C23H23ClN4O3/c1-29-17-8-6-16(7-9-17)22-27-20(14-25)23(31-22)26-15-21(28-10-12-30-13-11-28)18-4-2-3-5-19(18)24/h2-9,21,26H,10-13,15H2,1H3/t21-/m1/s1. The summed E-state index contributed by atoms with van der Waals surface area (Å²) in [6, 6.07) is 17.3. The highest BCUT2D eigenvalue weighted by Crippen LogP contribution is 2.31. The van der Waals surface area contributed by atoms with Gasteiger partial charge in [-0.2, -0.15) is 10.2 Å². The Kier molecular flexibility index (Phi) is 6.73. The molecule has 0 amide bonds. The lowest BCUT2D eigenvalue weighted by atomic mass is 10.0. The minimum atomic E-state index is -0.00122. The van der Waals surface area contributed by atoms with Crippen LogP contribution in [0.2, 0.25) is 5.02 Å². The maximum Gasteiger partial charge on any atom is 0.232 e. The summed E-state index contributed by atoms with van der Waals surface area (Å²) in [7, 11) is 1.61. The van der Waals surface area contributed by atoms with Gasteiger partial charge in [-0.15, -0.1) is 0 Å². The highest BCUT2D eigenvalue weighted by Gasteiger charge is 2.25. The molecule has 31 heavy (non-hydrogen) atoms. The predicted molar refractivity (Wildman–Crippen MR) is 118 cm³/mol. The first kappa shape index (κ1) is 21.2. The number of ether oxygens (including phenoxy) is 2. The molecule has 0 unspecified atom stereocenters. The molecule has 0 radical (unpaired) electrons. The summed E-state index contributed by atoms with van der Waals surface area (Å²) in [5, 5.41) is 13.5. The van der Waals surface area contributed by atoms with Crippen LogP contribution in [0, 0.1) is 11.3 Å². The number of anilines is 1. The summed E-state index contributed by atoms with van der Waals surface area (Å²) >= 11 is 6.50. The number of morpholine rings is 1. The van der Waals surface area contributed by atoms with Crippen molar-refractivity contribution in [2.45, 2.75) is 6.04 Å². The Morgan fingerprint density at radius 1 is 1.19 bits per heavy atom. The van der Waals surface area contributed by atoms with E-state index >= 15 is 0 Å². The second-order valence-electron chi connectivity index (χ2n) is 7.10. The number of nitriles is 1. The zero-order valence-electron chi connectivity index (χ0n) is 17.2. The number of nitrogens with one attached hydrogen (secondary N) is 1. The third-order valence-corrected chi connectivity index (χ3v) is 5.62. The summed E-state index contributed by atoms with van der Waals surface area (Å²) in [6.07, 6.45) is 0. The van der Waals surface area contributed by atoms with Gasteiger partial charge in [-0.25, -0.2) is 0 Å². The van der Waals surface area contributed by atoms with Crippen molar-refractivity contribution in [3.05, 3.63) is 64.8 Å². The number of rotatable bonds is 7. The molecule has 0 saturated carbocycles. The molecule has 1 atom stereocenters. The molecule has 1 N–H and O–H groups in total. The van der Waals surface area contributed by atoms with Crippen molar-refractivity contribution in [3.8, 4) is 23.3 Å². The number of nitrogens with zero attached hydrogens (tertiary/aromatic N) is 3. The average molecular weight is 439 g/mol. The molecule has 1 aliphatic heterocycles. The minimum absolute atomic E-state index is 0.00122. The quantitative estimate of drug-likeness (QED) is 0.586. The lowest BCUT2D eigenvalue weighted by molar-refractivity contribution is 0.0186. The molecule has 1 fully saturated rings. The molecule has 0 aliphatic carbocycles. The maximum absolute atomic E-state index is 9.56. The molecule has 4 rings (SSSR count). The van der Waals surface area contributed by atoms with Crippen LogP contribution in [0.15, 0.2) is 52.9 Å². The normalized spacial score (nSPS) is 15.3. The zero-order chi connectivity index (χ0) is 21.6. The SMILES string of the molecule is COc1ccc(-c2nc(C#N)c(NC[C@H](c3ccccc3Cl)N3CCOCC3)o2)cc1. The summed E-state index contributed by atoms with van der Waals surface area (Å²) < 4.78 is 16.6. The van der Waals surface area contributed by atoms with Crippen LogP contribution in [-0.4, -0.2) is 49.8 Å². The molecule has 1 aliphatic rings. The molecular formula is C23H23ClN4O3. The number of hydrogen-bond acceptors (Lipinski definition) is 7. The van der Waals surface area contributed by atoms with E-state index in [4.69, 9.17) is 25.5 Å². The monoisotopic (exact) mass is 438 g/mol. The van der Waals surface area contributed by atoms with Crippen molar-refractivity contribution >= 4 is 17.5 Å². The zero-order valence-corrected chi connectivity index (χ0v) is 17.9. The predicted octanol–water partition coefficient (Wildman–Crippen LogP) is 4.36. The van der Waals surface area contributed by atoms with Gasteiger partial charge in [-0.3, -0.25) is 4.90 Å². The fourth-order valence-corrected chi connectivity index (χ4v) is 3.89. The molecule has 160 valence electrons. The highest BCUT2D eigenvalue weighted by molar-refractivity contribution is 6.31. The van der Waals surface area contributed by atoms with E-state index in [9.17, 15) is 5.26 Å².